The van der Waals surface area contributed by atoms with Crippen molar-refractivity contribution in [3.05, 3.63) is 53.6 Å². The van der Waals surface area contributed by atoms with Crippen molar-refractivity contribution in [2.45, 2.75) is 25.6 Å². The summed E-state index contributed by atoms with van der Waals surface area (Å²) in [5, 5.41) is 0.0772. The SMILES string of the molecule is CCN(CC)c1ccc(C2SCC(=O)N2CCc2ccc(OC)c(OC)c2)cc1. The summed E-state index contributed by atoms with van der Waals surface area (Å²) < 4.78 is 10.7. The number of nitrogens with zero attached hydrogens (tertiary/aromatic N) is 2. The van der Waals surface area contributed by atoms with Crippen molar-refractivity contribution in [1.82, 2.24) is 4.90 Å². The van der Waals surface area contributed by atoms with Gasteiger partial charge in [-0.3, -0.25) is 4.79 Å². The van der Waals surface area contributed by atoms with Gasteiger partial charge in [0.15, 0.2) is 11.5 Å². The lowest BCUT2D eigenvalue weighted by Gasteiger charge is -2.26. The molecule has 1 atom stereocenters. The molecule has 0 N–H and O–H groups in total. The Morgan fingerprint density at radius 2 is 1.72 bits per heavy atom. The number of anilines is 1. The number of amides is 1. The molecule has 0 aromatic heterocycles. The molecule has 3 rings (SSSR count). The third-order valence-corrected chi connectivity index (χ3v) is 6.62. The Hall–Kier alpha value is -2.34. The second kappa shape index (κ2) is 9.92. The fraction of sp³-hybridized carbons (Fsp3) is 0.435. The predicted octanol–water partition coefficient (Wildman–Crippen LogP) is 4.37. The zero-order chi connectivity index (χ0) is 20.8. The van der Waals surface area contributed by atoms with Crippen LogP contribution in [0.4, 0.5) is 5.69 Å². The van der Waals surface area contributed by atoms with Gasteiger partial charge >= 0.3 is 0 Å². The highest BCUT2D eigenvalue weighted by Crippen LogP contribution is 2.39. The molecule has 1 heterocycles. The van der Waals surface area contributed by atoms with E-state index in [9.17, 15) is 4.79 Å². The monoisotopic (exact) mass is 414 g/mol. The lowest BCUT2D eigenvalue weighted by atomic mass is 10.1. The summed E-state index contributed by atoms with van der Waals surface area (Å²) in [4.78, 5) is 16.8. The first-order valence-corrected chi connectivity index (χ1v) is 11.1. The van der Waals surface area contributed by atoms with Gasteiger partial charge in [-0.2, -0.15) is 0 Å². The van der Waals surface area contributed by atoms with Gasteiger partial charge in [-0.15, -0.1) is 11.8 Å². The second-order valence-electron chi connectivity index (χ2n) is 6.95. The summed E-state index contributed by atoms with van der Waals surface area (Å²) in [6, 6.07) is 14.6. The molecule has 1 aliphatic heterocycles. The molecule has 2 aromatic rings. The van der Waals surface area contributed by atoms with Gasteiger partial charge in [-0.05, 0) is 55.7 Å². The van der Waals surface area contributed by atoms with Crippen LogP contribution in [-0.2, 0) is 11.2 Å². The van der Waals surface area contributed by atoms with Crippen LogP contribution in [-0.4, -0.2) is 50.4 Å². The quantitative estimate of drug-likeness (QED) is 0.610. The summed E-state index contributed by atoms with van der Waals surface area (Å²) in [6.45, 7) is 7.00. The summed E-state index contributed by atoms with van der Waals surface area (Å²) in [5.74, 6) is 2.17. The molecule has 6 heteroatoms. The summed E-state index contributed by atoms with van der Waals surface area (Å²) >= 11 is 1.70. The van der Waals surface area contributed by atoms with Crippen LogP contribution in [0.15, 0.2) is 42.5 Å². The molecule has 1 saturated heterocycles. The fourth-order valence-corrected chi connectivity index (χ4v) is 4.92. The molecule has 0 bridgehead atoms. The highest BCUT2D eigenvalue weighted by molar-refractivity contribution is 8.00. The molecule has 156 valence electrons. The van der Waals surface area contributed by atoms with Gasteiger partial charge in [0.05, 0.1) is 20.0 Å². The van der Waals surface area contributed by atoms with Gasteiger partial charge in [0, 0.05) is 25.3 Å². The molecule has 0 spiro atoms. The Labute approximate surface area is 178 Å². The molecule has 0 aliphatic carbocycles. The van der Waals surface area contributed by atoms with E-state index in [4.69, 9.17) is 9.47 Å². The zero-order valence-corrected chi connectivity index (χ0v) is 18.5. The molecule has 0 radical (unpaired) electrons. The van der Waals surface area contributed by atoms with E-state index < -0.39 is 0 Å². The second-order valence-corrected chi connectivity index (χ2v) is 8.02. The van der Waals surface area contributed by atoms with E-state index in [2.05, 4.69) is 43.0 Å². The Balaban J connectivity index is 1.71. The predicted molar refractivity (Wildman–Crippen MR) is 120 cm³/mol. The number of hydrogen-bond acceptors (Lipinski definition) is 5. The molecule has 1 fully saturated rings. The minimum atomic E-state index is 0.0772. The number of thioether (sulfide) groups is 1. The van der Waals surface area contributed by atoms with E-state index >= 15 is 0 Å². The Morgan fingerprint density at radius 3 is 2.34 bits per heavy atom. The van der Waals surface area contributed by atoms with Crippen molar-refractivity contribution in [2.75, 3.05) is 44.5 Å². The Kier molecular flexibility index (Phi) is 7.31. The lowest BCUT2D eigenvalue weighted by Crippen LogP contribution is -2.30. The van der Waals surface area contributed by atoms with E-state index in [0.29, 0.717) is 12.3 Å². The molecular weight excluding hydrogens is 384 g/mol. The Morgan fingerprint density at radius 1 is 1.03 bits per heavy atom. The molecule has 29 heavy (non-hydrogen) atoms. The minimum absolute atomic E-state index is 0.0772. The summed E-state index contributed by atoms with van der Waals surface area (Å²) in [5.41, 5.74) is 3.54. The van der Waals surface area contributed by atoms with Crippen LogP contribution in [0.1, 0.15) is 30.3 Å². The number of ether oxygens (including phenoxy) is 2. The van der Waals surface area contributed by atoms with Crippen LogP contribution in [0.3, 0.4) is 0 Å². The van der Waals surface area contributed by atoms with E-state index in [1.165, 1.54) is 11.3 Å². The van der Waals surface area contributed by atoms with Gasteiger partial charge in [0.1, 0.15) is 5.37 Å². The van der Waals surface area contributed by atoms with Gasteiger partial charge in [0.2, 0.25) is 5.91 Å². The normalized spacial score (nSPS) is 16.2. The molecule has 2 aromatic carbocycles. The molecule has 0 saturated carbocycles. The third kappa shape index (κ3) is 4.81. The van der Waals surface area contributed by atoms with Crippen LogP contribution in [0.2, 0.25) is 0 Å². The van der Waals surface area contributed by atoms with Gasteiger partial charge in [-0.25, -0.2) is 0 Å². The van der Waals surface area contributed by atoms with Gasteiger partial charge in [0.25, 0.3) is 0 Å². The van der Waals surface area contributed by atoms with Crippen LogP contribution >= 0.6 is 11.8 Å². The van der Waals surface area contributed by atoms with Crippen molar-refractivity contribution in [1.29, 1.82) is 0 Å². The minimum Gasteiger partial charge on any atom is -0.493 e. The van der Waals surface area contributed by atoms with Crippen molar-refractivity contribution in [2.24, 2.45) is 0 Å². The zero-order valence-electron chi connectivity index (χ0n) is 17.7. The van der Waals surface area contributed by atoms with Gasteiger partial charge in [-0.1, -0.05) is 18.2 Å². The van der Waals surface area contributed by atoms with Crippen LogP contribution in [0.5, 0.6) is 11.5 Å². The van der Waals surface area contributed by atoms with Crippen molar-refractivity contribution < 1.29 is 14.3 Å². The maximum absolute atomic E-state index is 12.5. The Bertz CT molecular complexity index is 821. The van der Waals surface area contributed by atoms with E-state index in [1.807, 2.05) is 23.1 Å². The number of hydrogen-bond donors (Lipinski definition) is 0. The smallest absolute Gasteiger partial charge is 0.233 e. The van der Waals surface area contributed by atoms with E-state index in [0.717, 1.165) is 36.6 Å². The summed E-state index contributed by atoms with van der Waals surface area (Å²) in [6.07, 6.45) is 0.778. The van der Waals surface area contributed by atoms with Crippen molar-refractivity contribution >= 4 is 23.4 Å². The first-order chi connectivity index (χ1) is 14.1. The van der Waals surface area contributed by atoms with Gasteiger partial charge < -0.3 is 19.3 Å². The molecule has 1 amide bonds. The van der Waals surface area contributed by atoms with Crippen LogP contribution in [0, 0.1) is 0 Å². The largest absolute Gasteiger partial charge is 0.493 e. The van der Waals surface area contributed by atoms with E-state index in [1.54, 1.807) is 26.0 Å². The summed E-state index contributed by atoms with van der Waals surface area (Å²) in [7, 11) is 3.27. The van der Waals surface area contributed by atoms with Crippen LogP contribution in [0.25, 0.3) is 0 Å². The maximum Gasteiger partial charge on any atom is 0.233 e. The fourth-order valence-electron chi connectivity index (χ4n) is 3.70. The first-order valence-electron chi connectivity index (χ1n) is 10.1. The van der Waals surface area contributed by atoms with Crippen molar-refractivity contribution in [3.63, 3.8) is 0 Å². The lowest BCUT2D eigenvalue weighted by molar-refractivity contribution is -0.128. The standard InChI is InChI=1S/C23H30N2O3S/c1-5-24(6-2)19-10-8-18(9-11-19)23-25(22(26)16-29-23)14-13-17-7-12-20(27-3)21(15-17)28-4/h7-12,15,23H,5-6,13-14,16H2,1-4H3. The van der Waals surface area contributed by atoms with Crippen LogP contribution < -0.4 is 14.4 Å². The third-order valence-electron chi connectivity index (χ3n) is 5.36. The highest BCUT2D eigenvalue weighted by atomic mass is 32.2. The van der Waals surface area contributed by atoms with Crippen molar-refractivity contribution in [3.8, 4) is 11.5 Å². The molecule has 5 nitrogen and oxygen atoms in total. The molecule has 1 aliphatic rings. The maximum atomic E-state index is 12.5. The topological polar surface area (TPSA) is 42.0 Å². The molecule has 1 unspecified atom stereocenters. The number of methoxy groups -OCH3 is 2. The average Bonchev–Trinajstić information content (AvgIpc) is 3.13. The van der Waals surface area contributed by atoms with E-state index in [-0.39, 0.29) is 11.3 Å². The number of benzene rings is 2. The number of rotatable bonds is 9. The number of carbonyl (C=O) groups is 1. The number of carbonyl (C=O) groups excluding carboxylic acids is 1. The highest BCUT2D eigenvalue weighted by Gasteiger charge is 2.32. The average molecular weight is 415 g/mol. The molecular formula is C23H30N2O3S. The first kappa shape index (κ1) is 21.4.